The number of aromatic nitrogens is 3. The number of nitrogens with one attached hydrogen (secondary N) is 1. The summed E-state index contributed by atoms with van der Waals surface area (Å²) in [6, 6.07) is 13.7. The van der Waals surface area contributed by atoms with Gasteiger partial charge < -0.3 is 15.0 Å². The maximum Gasteiger partial charge on any atom is 0.353 e. The average molecular weight is 434 g/mol. The minimum atomic E-state index is -0.436. The summed E-state index contributed by atoms with van der Waals surface area (Å²) in [5.74, 6) is 1.16. The van der Waals surface area contributed by atoms with Crippen LogP contribution in [0.1, 0.15) is 11.1 Å². The third-order valence-corrected chi connectivity index (χ3v) is 6.17. The van der Waals surface area contributed by atoms with Crippen molar-refractivity contribution in [1.29, 1.82) is 0 Å². The molecule has 0 saturated heterocycles. The third kappa shape index (κ3) is 3.61. The lowest BCUT2D eigenvalue weighted by Gasteiger charge is -2.29. The molecule has 0 aliphatic carbocycles. The molecule has 9 nitrogen and oxygen atoms in total. The highest BCUT2D eigenvalue weighted by Crippen LogP contribution is 2.37. The van der Waals surface area contributed by atoms with Crippen LogP contribution in [-0.4, -0.2) is 33.5 Å². The van der Waals surface area contributed by atoms with E-state index in [1.807, 2.05) is 41.3 Å². The fraction of sp³-hybridized carbons (Fsp3) is 0.190. The predicted molar refractivity (Wildman–Crippen MR) is 119 cm³/mol. The summed E-state index contributed by atoms with van der Waals surface area (Å²) in [7, 11) is 1.60. The summed E-state index contributed by atoms with van der Waals surface area (Å²) in [6.07, 6.45) is 2.15. The van der Waals surface area contributed by atoms with Crippen LogP contribution >= 0.6 is 11.3 Å². The summed E-state index contributed by atoms with van der Waals surface area (Å²) in [6.45, 7) is 1.21. The van der Waals surface area contributed by atoms with Crippen LogP contribution in [-0.2, 0) is 13.0 Å². The maximum absolute atomic E-state index is 12.0. The summed E-state index contributed by atoms with van der Waals surface area (Å²) < 4.78 is 6.16. The van der Waals surface area contributed by atoms with E-state index >= 15 is 0 Å². The number of hydrogen-bond acceptors (Lipinski definition) is 9. The fourth-order valence-electron chi connectivity index (χ4n) is 3.72. The first-order valence-electron chi connectivity index (χ1n) is 9.65. The molecule has 0 saturated carbocycles. The van der Waals surface area contributed by atoms with E-state index in [-0.39, 0.29) is 11.5 Å². The van der Waals surface area contributed by atoms with E-state index in [9.17, 15) is 10.1 Å². The number of fused-ring (bicyclic) bond motifs is 2. The second-order valence-corrected chi connectivity index (χ2v) is 8.10. The molecule has 0 atom stereocenters. The van der Waals surface area contributed by atoms with Gasteiger partial charge in [0.2, 0.25) is 11.6 Å². The van der Waals surface area contributed by atoms with Crippen molar-refractivity contribution < 1.29 is 9.66 Å². The van der Waals surface area contributed by atoms with Gasteiger partial charge in [-0.2, -0.15) is 0 Å². The summed E-state index contributed by atoms with van der Waals surface area (Å²) >= 11 is 1.38. The number of hydrogen-bond donors (Lipinski definition) is 1. The number of nitrogens with zero attached hydrogens (tertiary/aromatic N) is 5. The highest BCUT2D eigenvalue weighted by molar-refractivity contribution is 7.22. The number of ether oxygens (including phenoxy) is 1. The molecule has 1 aliphatic rings. The summed E-state index contributed by atoms with van der Waals surface area (Å²) in [5.41, 5.74) is 3.03. The van der Waals surface area contributed by atoms with Gasteiger partial charge in [-0.3, -0.25) is 10.1 Å². The van der Waals surface area contributed by atoms with Crippen LogP contribution in [0.25, 0.3) is 10.2 Å². The predicted octanol–water partition coefficient (Wildman–Crippen LogP) is 4.31. The summed E-state index contributed by atoms with van der Waals surface area (Å²) in [4.78, 5) is 26.4. The Bertz CT molecular complexity index is 1290. The Hall–Kier alpha value is -3.79. The molecule has 3 heterocycles. The van der Waals surface area contributed by atoms with Crippen LogP contribution < -0.4 is 15.0 Å². The molecule has 0 bridgehead atoms. The van der Waals surface area contributed by atoms with Gasteiger partial charge in [0.05, 0.1) is 22.2 Å². The van der Waals surface area contributed by atoms with E-state index in [0.29, 0.717) is 24.0 Å². The molecule has 10 heteroatoms. The molecular weight excluding hydrogens is 416 g/mol. The molecule has 0 fully saturated rings. The van der Waals surface area contributed by atoms with Crippen molar-refractivity contribution in [2.45, 2.75) is 13.0 Å². The van der Waals surface area contributed by atoms with Gasteiger partial charge in [-0.25, -0.2) is 15.0 Å². The molecular formula is C21H18N6O3S. The number of anilines is 3. The van der Waals surface area contributed by atoms with Crippen molar-refractivity contribution in [3.8, 4) is 5.75 Å². The molecule has 1 aliphatic heterocycles. The topological polar surface area (TPSA) is 106 Å². The quantitative estimate of drug-likeness (QED) is 0.366. The number of methoxy groups -OCH3 is 1. The van der Waals surface area contributed by atoms with E-state index < -0.39 is 4.92 Å². The van der Waals surface area contributed by atoms with E-state index in [0.717, 1.165) is 28.0 Å². The Balaban J connectivity index is 1.50. The van der Waals surface area contributed by atoms with Crippen molar-refractivity contribution in [3.05, 3.63) is 70.0 Å². The highest BCUT2D eigenvalue weighted by Gasteiger charge is 2.29. The second-order valence-electron chi connectivity index (χ2n) is 7.07. The lowest BCUT2D eigenvalue weighted by Crippen LogP contribution is -2.31. The molecule has 0 spiro atoms. The fourth-order valence-corrected chi connectivity index (χ4v) is 4.62. The highest BCUT2D eigenvalue weighted by atomic mass is 32.1. The van der Waals surface area contributed by atoms with Gasteiger partial charge in [0.15, 0.2) is 5.13 Å². The molecule has 156 valence electrons. The van der Waals surface area contributed by atoms with Gasteiger partial charge in [0.25, 0.3) is 0 Å². The third-order valence-electron chi connectivity index (χ3n) is 5.24. The normalized spacial score (nSPS) is 13.1. The van der Waals surface area contributed by atoms with E-state index in [1.165, 1.54) is 23.2 Å². The van der Waals surface area contributed by atoms with Crippen molar-refractivity contribution >= 4 is 44.0 Å². The SMILES string of the molecule is COc1ccc2nc(Nc3ncnc(N4CCc5ccccc5C4)c3[N+](=O)[O-])sc2c1. The zero-order valence-corrected chi connectivity index (χ0v) is 17.4. The first-order chi connectivity index (χ1) is 15.1. The van der Waals surface area contributed by atoms with Crippen molar-refractivity contribution in [2.24, 2.45) is 0 Å². The molecule has 4 aromatic rings. The van der Waals surface area contributed by atoms with Gasteiger partial charge in [-0.1, -0.05) is 35.6 Å². The molecule has 1 N–H and O–H groups in total. The number of nitro groups is 1. The molecule has 0 radical (unpaired) electrons. The largest absolute Gasteiger partial charge is 0.497 e. The monoisotopic (exact) mass is 434 g/mol. The number of thiazole rings is 1. The van der Waals surface area contributed by atoms with E-state index in [4.69, 9.17) is 4.74 Å². The average Bonchev–Trinajstić information content (AvgIpc) is 3.19. The molecule has 0 amide bonds. The summed E-state index contributed by atoms with van der Waals surface area (Å²) in [5, 5.41) is 15.5. The van der Waals surface area contributed by atoms with E-state index in [1.54, 1.807) is 7.11 Å². The Kier molecular flexibility index (Phi) is 4.83. The zero-order chi connectivity index (χ0) is 21.4. The number of rotatable bonds is 5. The van der Waals surface area contributed by atoms with E-state index in [2.05, 4.69) is 26.3 Å². The Morgan fingerprint density at radius 3 is 2.84 bits per heavy atom. The molecule has 2 aromatic carbocycles. The van der Waals surface area contributed by atoms with Crippen molar-refractivity contribution in [2.75, 3.05) is 23.9 Å². The molecule has 0 unspecified atom stereocenters. The molecule has 31 heavy (non-hydrogen) atoms. The van der Waals surface area contributed by atoms with Gasteiger partial charge in [-0.15, -0.1) is 0 Å². The molecule has 5 rings (SSSR count). The van der Waals surface area contributed by atoms with Crippen LogP contribution in [0.15, 0.2) is 48.8 Å². The van der Waals surface area contributed by atoms with Crippen LogP contribution in [0.4, 0.5) is 22.5 Å². The van der Waals surface area contributed by atoms with Crippen LogP contribution in [0.2, 0.25) is 0 Å². The maximum atomic E-state index is 12.0. The van der Waals surface area contributed by atoms with Crippen LogP contribution in [0, 0.1) is 10.1 Å². The lowest BCUT2D eigenvalue weighted by molar-refractivity contribution is -0.383. The Morgan fingerprint density at radius 1 is 1.19 bits per heavy atom. The first kappa shape index (κ1) is 19.2. The molecule has 2 aromatic heterocycles. The second kappa shape index (κ2) is 7.80. The van der Waals surface area contributed by atoms with Gasteiger partial charge in [0, 0.05) is 13.1 Å². The van der Waals surface area contributed by atoms with Gasteiger partial charge >= 0.3 is 5.69 Å². The van der Waals surface area contributed by atoms with Crippen LogP contribution in [0.5, 0.6) is 5.75 Å². The van der Waals surface area contributed by atoms with Crippen molar-refractivity contribution in [3.63, 3.8) is 0 Å². The van der Waals surface area contributed by atoms with Crippen molar-refractivity contribution in [1.82, 2.24) is 15.0 Å². The smallest absolute Gasteiger partial charge is 0.353 e. The minimum Gasteiger partial charge on any atom is -0.497 e. The zero-order valence-electron chi connectivity index (χ0n) is 16.6. The number of benzene rings is 2. The van der Waals surface area contributed by atoms with Gasteiger partial charge in [-0.05, 0) is 35.7 Å². The Morgan fingerprint density at radius 2 is 2.03 bits per heavy atom. The standard InChI is InChI=1S/C21H18N6O3S/c1-30-15-6-7-16-17(10-15)31-21(24-16)25-19-18(27(28)29)20(23-12-22-19)26-9-8-13-4-2-3-5-14(13)11-26/h2-7,10,12H,8-9,11H2,1H3,(H,22,23,24,25). The Labute approximate surface area is 181 Å². The minimum absolute atomic E-state index is 0.125. The van der Waals surface area contributed by atoms with Crippen LogP contribution in [0.3, 0.4) is 0 Å². The van der Waals surface area contributed by atoms with Gasteiger partial charge in [0.1, 0.15) is 12.1 Å². The lowest BCUT2D eigenvalue weighted by atomic mass is 10.00. The first-order valence-corrected chi connectivity index (χ1v) is 10.5.